The molecule has 0 bridgehead atoms. The standard InChI is InChI=1S/C22H27N5/c1-17(2)22-24-12-14-27(22)21-10-5-9-20(25-21)18-7-6-13-26(15-18)16-19-8-3-4-11-23-19/h3-5,8-12,14,17-18H,6-7,13,15-16H2,1-2H3. The molecule has 0 radical (unpaired) electrons. The van der Waals surface area contributed by atoms with E-state index in [1.807, 2.05) is 24.7 Å². The lowest BCUT2D eigenvalue weighted by molar-refractivity contribution is 0.196. The molecule has 27 heavy (non-hydrogen) atoms. The molecule has 0 aromatic carbocycles. The van der Waals surface area contributed by atoms with E-state index in [4.69, 9.17) is 4.98 Å². The lowest BCUT2D eigenvalue weighted by atomic mass is 9.94. The fourth-order valence-electron chi connectivity index (χ4n) is 3.90. The lowest BCUT2D eigenvalue weighted by Crippen LogP contribution is -2.34. The van der Waals surface area contributed by atoms with Gasteiger partial charge in [0, 0.05) is 49.2 Å². The highest BCUT2D eigenvalue weighted by Gasteiger charge is 2.23. The van der Waals surface area contributed by atoms with Gasteiger partial charge in [-0.25, -0.2) is 9.97 Å². The number of hydrogen-bond acceptors (Lipinski definition) is 4. The Kier molecular flexibility index (Phi) is 5.30. The summed E-state index contributed by atoms with van der Waals surface area (Å²) < 4.78 is 2.11. The summed E-state index contributed by atoms with van der Waals surface area (Å²) in [6.07, 6.45) is 8.13. The van der Waals surface area contributed by atoms with E-state index in [-0.39, 0.29) is 0 Å². The molecule has 1 atom stereocenters. The fraction of sp³-hybridized carbons (Fsp3) is 0.409. The van der Waals surface area contributed by atoms with Crippen LogP contribution < -0.4 is 0 Å². The third-order valence-corrected chi connectivity index (χ3v) is 5.22. The van der Waals surface area contributed by atoms with E-state index in [0.717, 1.165) is 37.0 Å². The van der Waals surface area contributed by atoms with Gasteiger partial charge in [0.25, 0.3) is 0 Å². The molecule has 1 saturated heterocycles. The molecule has 140 valence electrons. The molecule has 0 N–H and O–H groups in total. The molecule has 0 saturated carbocycles. The summed E-state index contributed by atoms with van der Waals surface area (Å²) in [5, 5.41) is 0. The van der Waals surface area contributed by atoms with Gasteiger partial charge in [-0.3, -0.25) is 14.5 Å². The van der Waals surface area contributed by atoms with Crippen LogP contribution in [0, 0.1) is 0 Å². The van der Waals surface area contributed by atoms with Crippen molar-refractivity contribution >= 4 is 0 Å². The predicted octanol–water partition coefficient (Wildman–Crippen LogP) is 4.17. The second-order valence-electron chi connectivity index (χ2n) is 7.63. The molecule has 1 aliphatic heterocycles. The molecule has 3 aromatic rings. The summed E-state index contributed by atoms with van der Waals surface area (Å²) in [4.78, 5) is 16.5. The Morgan fingerprint density at radius 3 is 2.81 bits per heavy atom. The summed E-state index contributed by atoms with van der Waals surface area (Å²) in [6, 6.07) is 12.5. The van der Waals surface area contributed by atoms with E-state index in [0.29, 0.717) is 11.8 Å². The van der Waals surface area contributed by atoms with Crippen LogP contribution in [0.2, 0.25) is 0 Å². The Morgan fingerprint density at radius 1 is 1.07 bits per heavy atom. The molecule has 0 aliphatic carbocycles. The summed E-state index contributed by atoms with van der Waals surface area (Å²) in [6.45, 7) is 7.41. The highest BCUT2D eigenvalue weighted by molar-refractivity contribution is 5.29. The minimum atomic E-state index is 0.369. The molecule has 0 amide bonds. The van der Waals surface area contributed by atoms with Gasteiger partial charge in [-0.05, 0) is 43.7 Å². The molecule has 4 rings (SSSR count). The molecule has 5 heteroatoms. The first-order chi connectivity index (χ1) is 13.2. The van der Waals surface area contributed by atoms with Gasteiger partial charge in [-0.15, -0.1) is 0 Å². The highest BCUT2D eigenvalue weighted by Crippen LogP contribution is 2.27. The maximum Gasteiger partial charge on any atom is 0.138 e. The zero-order valence-electron chi connectivity index (χ0n) is 16.1. The maximum atomic E-state index is 5.00. The molecule has 0 spiro atoms. The number of likely N-dealkylation sites (tertiary alicyclic amines) is 1. The zero-order valence-corrected chi connectivity index (χ0v) is 16.1. The van der Waals surface area contributed by atoms with E-state index in [1.165, 1.54) is 18.5 Å². The van der Waals surface area contributed by atoms with Crippen LogP contribution in [-0.4, -0.2) is 37.5 Å². The van der Waals surface area contributed by atoms with Crippen LogP contribution in [0.15, 0.2) is 55.0 Å². The number of hydrogen-bond donors (Lipinski definition) is 0. The molecule has 4 heterocycles. The summed E-state index contributed by atoms with van der Waals surface area (Å²) >= 11 is 0. The average molecular weight is 361 g/mol. The van der Waals surface area contributed by atoms with Crippen molar-refractivity contribution in [1.82, 2.24) is 24.4 Å². The Balaban J connectivity index is 1.52. The topological polar surface area (TPSA) is 46.8 Å². The van der Waals surface area contributed by atoms with Crippen molar-refractivity contribution in [2.24, 2.45) is 0 Å². The van der Waals surface area contributed by atoms with Crippen molar-refractivity contribution in [1.29, 1.82) is 0 Å². The summed E-state index contributed by atoms with van der Waals surface area (Å²) in [5.41, 5.74) is 2.32. The second-order valence-corrected chi connectivity index (χ2v) is 7.63. The normalized spacial score (nSPS) is 18.1. The Bertz CT molecular complexity index is 871. The van der Waals surface area contributed by atoms with Gasteiger partial charge in [0.1, 0.15) is 11.6 Å². The fourth-order valence-corrected chi connectivity index (χ4v) is 3.90. The van der Waals surface area contributed by atoms with Gasteiger partial charge in [-0.1, -0.05) is 26.0 Å². The van der Waals surface area contributed by atoms with Gasteiger partial charge in [0.2, 0.25) is 0 Å². The minimum Gasteiger partial charge on any atom is -0.297 e. The van der Waals surface area contributed by atoms with E-state index >= 15 is 0 Å². The van der Waals surface area contributed by atoms with Crippen molar-refractivity contribution < 1.29 is 0 Å². The van der Waals surface area contributed by atoms with Gasteiger partial charge in [-0.2, -0.15) is 0 Å². The largest absolute Gasteiger partial charge is 0.297 e. The van der Waals surface area contributed by atoms with Crippen molar-refractivity contribution in [3.63, 3.8) is 0 Å². The van der Waals surface area contributed by atoms with Gasteiger partial charge < -0.3 is 0 Å². The Morgan fingerprint density at radius 2 is 2.00 bits per heavy atom. The van der Waals surface area contributed by atoms with Crippen molar-refractivity contribution in [2.45, 2.75) is 45.1 Å². The van der Waals surface area contributed by atoms with Crippen LogP contribution in [0.1, 0.15) is 55.7 Å². The number of pyridine rings is 2. The predicted molar refractivity (Wildman–Crippen MR) is 107 cm³/mol. The Hall–Kier alpha value is -2.53. The van der Waals surface area contributed by atoms with Crippen LogP contribution >= 0.6 is 0 Å². The van der Waals surface area contributed by atoms with Crippen molar-refractivity contribution in [3.8, 4) is 5.82 Å². The first-order valence-electron chi connectivity index (χ1n) is 9.83. The lowest BCUT2D eigenvalue weighted by Gasteiger charge is -2.32. The smallest absolute Gasteiger partial charge is 0.138 e. The van der Waals surface area contributed by atoms with E-state index in [1.54, 1.807) is 0 Å². The average Bonchev–Trinajstić information content (AvgIpc) is 3.19. The van der Waals surface area contributed by atoms with Crippen LogP contribution in [0.3, 0.4) is 0 Å². The van der Waals surface area contributed by atoms with Gasteiger partial charge >= 0.3 is 0 Å². The number of nitrogens with zero attached hydrogens (tertiary/aromatic N) is 5. The molecule has 1 unspecified atom stereocenters. The quantitative estimate of drug-likeness (QED) is 0.684. The van der Waals surface area contributed by atoms with Gasteiger partial charge in [0.05, 0.1) is 5.69 Å². The van der Waals surface area contributed by atoms with Crippen molar-refractivity contribution in [2.75, 3.05) is 13.1 Å². The number of imidazole rings is 1. The van der Waals surface area contributed by atoms with Crippen LogP contribution in [0.4, 0.5) is 0 Å². The molecule has 1 aliphatic rings. The maximum absolute atomic E-state index is 5.00. The van der Waals surface area contributed by atoms with E-state index in [2.05, 4.69) is 63.6 Å². The van der Waals surface area contributed by atoms with Crippen LogP contribution in [-0.2, 0) is 6.54 Å². The summed E-state index contributed by atoms with van der Waals surface area (Å²) in [5.74, 6) is 2.86. The summed E-state index contributed by atoms with van der Waals surface area (Å²) in [7, 11) is 0. The molecular weight excluding hydrogens is 334 g/mol. The minimum absolute atomic E-state index is 0.369. The van der Waals surface area contributed by atoms with Crippen LogP contribution in [0.25, 0.3) is 5.82 Å². The first kappa shape index (κ1) is 17.9. The zero-order chi connectivity index (χ0) is 18.6. The Labute approximate surface area is 161 Å². The highest BCUT2D eigenvalue weighted by atomic mass is 15.1. The molecular formula is C22H27N5. The number of piperidine rings is 1. The third kappa shape index (κ3) is 4.08. The number of rotatable bonds is 5. The second kappa shape index (κ2) is 8.01. The molecule has 3 aromatic heterocycles. The van der Waals surface area contributed by atoms with Crippen LogP contribution in [0.5, 0.6) is 0 Å². The third-order valence-electron chi connectivity index (χ3n) is 5.22. The van der Waals surface area contributed by atoms with Gasteiger partial charge in [0.15, 0.2) is 0 Å². The SMILES string of the molecule is CC(C)c1nccn1-c1cccc(C2CCCN(Cc3ccccn3)C2)n1. The van der Waals surface area contributed by atoms with Crippen molar-refractivity contribution in [3.05, 3.63) is 72.2 Å². The first-order valence-corrected chi connectivity index (χ1v) is 9.83. The molecule has 1 fully saturated rings. The van der Waals surface area contributed by atoms with E-state index in [9.17, 15) is 0 Å². The monoisotopic (exact) mass is 361 g/mol. The van der Waals surface area contributed by atoms with E-state index < -0.39 is 0 Å². The molecule has 5 nitrogen and oxygen atoms in total. The number of aromatic nitrogens is 4.